The van der Waals surface area contributed by atoms with Crippen molar-refractivity contribution in [2.75, 3.05) is 0 Å². The van der Waals surface area contributed by atoms with Crippen LogP contribution in [0.3, 0.4) is 0 Å². The largest absolute Gasteiger partial charge is 0.481 e. The second-order valence-corrected chi connectivity index (χ2v) is 11.4. The molecule has 8 unspecified atom stereocenters. The summed E-state index contributed by atoms with van der Waals surface area (Å²) in [4.78, 5) is 21.9. The lowest BCUT2D eigenvalue weighted by molar-refractivity contribution is -0.151. The molecule has 4 rings (SSSR count). The number of rotatable bonds is 6. The average molecular weight is 405 g/mol. The highest BCUT2D eigenvalue weighted by molar-refractivity contribution is 5.66. The Hall–Kier alpha value is -1.06. The Kier molecular flexibility index (Phi) is 5.76. The number of carbonyl (C=O) groups is 2. The smallest absolute Gasteiger partial charge is 0.303 e. The zero-order valence-electron chi connectivity index (χ0n) is 18.6. The van der Waals surface area contributed by atoms with Crippen molar-refractivity contribution in [3.8, 4) is 0 Å². The maximum absolute atomic E-state index is 11.1. The lowest BCUT2D eigenvalue weighted by Crippen LogP contribution is -2.54. The van der Waals surface area contributed by atoms with E-state index >= 15 is 0 Å². The summed E-state index contributed by atoms with van der Waals surface area (Å²) in [6.45, 7) is 8.05. The second-order valence-electron chi connectivity index (χ2n) is 11.4. The van der Waals surface area contributed by atoms with Crippen LogP contribution in [0.5, 0.6) is 0 Å². The summed E-state index contributed by atoms with van der Waals surface area (Å²) >= 11 is 0. The Morgan fingerprint density at radius 1 is 1.07 bits per heavy atom. The van der Waals surface area contributed by atoms with Gasteiger partial charge in [-0.3, -0.25) is 9.59 Å². The molecule has 1 N–H and O–H groups in total. The zero-order chi connectivity index (χ0) is 20.8. The van der Waals surface area contributed by atoms with E-state index in [0.717, 1.165) is 37.0 Å². The topological polar surface area (TPSA) is 63.6 Å². The summed E-state index contributed by atoms with van der Waals surface area (Å²) in [7, 11) is 0. The maximum Gasteiger partial charge on any atom is 0.303 e. The van der Waals surface area contributed by atoms with Crippen LogP contribution in [0, 0.1) is 46.3 Å². The van der Waals surface area contributed by atoms with Gasteiger partial charge in [0.2, 0.25) is 0 Å². The van der Waals surface area contributed by atoms with E-state index < -0.39 is 5.97 Å². The fraction of sp³-hybridized carbons (Fsp3) is 0.920. The van der Waals surface area contributed by atoms with Crippen LogP contribution in [-0.2, 0) is 14.3 Å². The maximum atomic E-state index is 11.1. The summed E-state index contributed by atoms with van der Waals surface area (Å²) in [5, 5.41) is 9.12. The van der Waals surface area contributed by atoms with Gasteiger partial charge in [0.05, 0.1) is 0 Å². The van der Waals surface area contributed by atoms with Crippen molar-refractivity contribution in [3.63, 3.8) is 0 Å². The van der Waals surface area contributed by atoms with Crippen LogP contribution in [0.25, 0.3) is 0 Å². The summed E-state index contributed by atoms with van der Waals surface area (Å²) in [6.07, 6.45) is 12.5. The normalized spacial score (nSPS) is 47.4. The molecule has 0 heterocycles. The molecule has 0 aliphatic heterocycles. The predicted molar refractivity (Wildman–Crippen MR) is 112 cm³/mol. The fourth-order valence-corrected chi connectivity index (χ4v) is 8.95. The minimum absolute atomic E-state index is 0.141. The first-order valence-corrected chi connectivity index (χ1v) is 12.1. The van der Waals surface area contributed by atoms with Crippen molar-refractivity contribution < 1.29 is 19.4 Å². The van der Waals surface area contributed by atoms with Crippen LogP contribution in [0.1, 0.15) is 91.4 Å². The zero-order valence-corrected chi connectivity index (χ0v) is 18.6. The molecule has 164 valence electrons. The van der Waals surface area contributed by atoms with Crippen LogP contribution in [0.15, 0.2) is 0 Å². The van der Waals surface area contributed by atoms with Crippen LogP contribution < -0.4 is 0 Å². The predicted octanol–water partition coefficient (Wildman–Crippen LogP) is 5.69. The summed E-state index contributed by atoms with van der Waals surface area (Å²) in [5.74, 6) is 3.75. The van der Waals surface area contributed by atoms with Gasteiger partial charge >= 0.3 is 5.97 Å². The van der Waals surface area contributed by atoms with Crippen molar-refractivity contribution in [1.82, 2.24) is 0 Å². The van der Waals surface area contributed by atoms with Gasteiger partial charge < -0.3 is 9.84 Å². The van der Waals surface area contributed by atoms with Gasteiger partial charge in [-0.1, -0.05) is 20.8 Å². The van der Waals surface area contributed by atoms with Gasteiger partial charge in [0.25, 0.3) is 6.47 Å². The highest BCUT2D eigenvalue weighted by Crippen LogP contribution is 2.68. The fourth-order valence-electron chi connectivity index (χ4n) is 8.95. The van der Waals surface area contributed by atoms with Gasteiger partial charge in [0.1, 0.15) is 6.10 Å². The average Bonchev–Trinajstić information content (AvgIpc) is 3.04. The number of carboxylic acids is 1. The molecule has 4 heteroatoms. The lowest BCUT2D eigenvalue weighted by Gasteiger charge is -2.61. The van der Waals surface area contributed by atoms with Gasteiger partial charge in [-0.25, -0.2) is 0 Å². The number of fused-ring (bicyclic) bond motifs is 5. The Bertz CT molecular complexity index is 632. The Morgan fingerprint density at radius 2 is 1.79 bits per heavy atom. The molecule has 0 aromatic carbocycles. The van der Waals surface area contributed by atoms with Gasteiger partial charge in [-0.05, 0) is 111 Å². The summed E-state index contributed by atoms with van der Waals surface area (Å²) in [5.41, 5.74) is 0.820. The van der Waals surface area contributed by atoms with E-state index in [2.05, 4.69) is 20.8 Å². The molecule has 4 nitrogen and oxygen atoms in total. The number of carbonyl (C=O) groups excluding carboxylic acids is 1. The van der Waals surface area contributed by atoms with Gasteiger partial charge in [0.15, 0.2) is 0 Å². The molecule has 4 aliphatic rings. The molecule has 0 aromatic rings. The first-order valence-electron chi connectivity index (χ1n) is 12.1. The monoisotopic (exact) mass is 404 g/mol. The van der Waals surface area contributed by atoms with Gasteiger partial charge in [-0.2, -0.15) is 0 Å². The first kappa shape index (κ1) is 21.2. The van der Waals surface area contributed by atoms with Crippen molar-refractivity contribution in [3.05, 3.63) is 0 Å². The minimum atomic E-state index is -0.652. The molecular weight excluding hydrogens is 364 g/mol. The summed E-state index contributed by atoms with van der Waals surface area (Å²) < 4.78 is 5.36. The van der Waals surface area contributed by atoms with Crippen molar-refractivity contribution >= 4 is 12.4 Å². The van der Waals surface area contributed by atoms with Gasteiger partial charge in [-0.15, -0.1) is 0 Å². The molecule has 0 spiro atoms. The van der Waals surface area contributed by atoms with E-state index in [1.54, 1.807) is 0 Å². The van der Waals surface area contributed by atoms with E-state index in [-0.39, 0.29) is 6.10 Å². The quantitative estimate of drug-likeness (QED) is 0.578. The van der Waals surface area contributed by atoms with Crippen LogP contribution in [-0.4, -0.2) is 23.7 Å². The van der Waals surface area contributed by atoms with Crippen molar-refractivity contribution in [2.45, 2.75) is 97.5 Å². The Balaban J connectivity index is 1.48. The van der Waals surface area contributed by atoms with Gasteiger partial charge in [0, 0.05) is 6.42 Å². The number of ether oxygens (including phenoxy) is 1. The molecule has 4 saturated carbocycles. The molecule has 0 saturated heterocycles. The molecule has 9 atom stereocenters. The molecule has 0 aromatic heterocycles. The standard InChI is InChI=1S/C25H40O4/c1-16(4-9-23(27)28)20-7-8-21-19-6-5-17-14-18(29-15-26)10-12-24(17,2)22(19)11-13-25(20,21)3/h15-22H,4-14H2,1-3H3,(H,27,28)/t16?,17?,18-,19?,20?,21?,22?,24?,25?/m1/s1. The SMILES string of the molecule is CC(CCC(=O)O)C1CCC2C3CCC4C[C@H](OC=O)CCC4(C)C3CCC12C. The summed E-state index contributed by atoms with van der Waals surface area (Å²) in [6, 6.07) is 0. The van der Waals surface area contributed by atoms with E-state index in [0.29, 0.717) is 41.5 Å². The van der Waals surface area contributed by atoms with E-state index in [1.807, 2.05) is 0 Å². The van der Waals surface area contributed by atoms with Crippen molar-refractivity contribution in [2.24, 2.45) is 46.3 Å². The van der Waals surface area contributed by atoms with Crippen LogP contribution in [0.4, 0.5) is 0 Å². The molecule has 4 fully saturated rings. The van der Waals surface area contributed by atoms with Crippen molar-refractivity contribution in [1.29, 1.82) is 0 Å². The third-order valence-electron chi connectivity index (χ3n) is 10.4. The minimum Gasteiger partial charge on any atom is -0.481 e. The van der Waals surface area contributed by atoms with E-state index in [4.69, 9.17) is 9.84 Å². The lowest BCUT2D eigenvalue weighted by atomic mass is 9.44. The number of hydrogen-bond donors (Lipinski definition) is 1. The Morgan fingerprint density at radius 3 is 2.52 bits per heavy atom. The second kappa shape index (κ2) is 7.89. The van der Waals surface area contributed by atoms with E-state index in [1.165, 1.54) is 44.9 Å². The molecule has 0 radical (unpaired) electrons. The van der Waals surface area contributed by atoms with E-state index in [9.17, 15) is 9.59 Å². The molecule has 0 amide bonds. The third kappa shape index (κ3) is 3.53. The molecule has 29 heavy (non-hydrogen) atoms. The highest BCUT2D eigenvalue weighted by Gasteiger charge is 2.60. The Labute approximate surface area is 176 Å². The van der Waals surface area contributed by atoms with Crippen LogP contribution >= 0.6 is 0 Å². The molecular formula is C25H40O4. The molecule has 4 aliphatic carbocycles. The van der Waals surface area contributed by atoms with Crippen LogP contribution in [0.2, 0.25) is 0 Å². The highest BCUT2D eigenvalue weighted by atomic mass is 16.5. The first-order chi connectivity index (χ1) is 13.8. The number of hydrogen-bond acceptors (Lipinski definition) is 3. The number of aliphatic carboxylic acids is 1. The number of carboxylic acid groups (broad SMARTS) is 1. The third-order valence-corrected chi connectivity index (χ3v) is 10.4. The molecule has 0 bridgehead atoms.